The molecule has 24 heavy (non-hydrogen) atoms. The molecule has 1 unspecified atom stereocenters. The normalized spacial score (nSPS) is 11.6. The van der Waals surface area contributed by atoms with Crippen molar-refractivity contribution >= 4 is 34.9 Å². The van der Waals surface area contributed by atoms with Gasteiger partial charge in [0.15, 0.2) is 6.10 Å². The zero-order valence-corrected chi connectivity index (χ0v) is 13.7. The fraction of sp³-hybridized carbons (Fsp3) is 0.133. The van der Waals surface area contributed by atoms with E-state index in [1.165, 1.54) is 31.2 Å². The number of hydrogen-bond acceptors (Lipinski definition) is 5. The first-order valence-electron chi connectivity index (χ1n) is 6.58. The molecule has 1 atom stereocenters. The van der Waals surface area contributed by atoms with Gasteiger partial charge < -0.3 is 14.6 Å². The quantitative estimate of drug-likeness (QED) is 0.590. The predicted molar refractivity (Wildman–Crippen MR) is 87.4 cm³/mol. The first kappa shape index (κ1) is 17.8. The van der Waals surface area contributed by atoms with Crippen molar-refractivity contribution in [3.63, 3.8) is 0 Å². The highest BCUT2D eigenvalue weighted by Gasteiger charge is 2.22. The highest BCUT2D eigenvalue weighted by Crippen LogP contribution is 2.36. The van der Waals surface area contributed by atoms with Gasteiger partial charge in [-0.2, -0.15) is 0 Å². The van der Waals surface area contributed by atoms with E-state index in [1.807, 2.05) is 0 Å². The molecule has 2 aromatic carbocycles. The van der Waals surface area contributed by atoms with Crippen LogP contribution in [0.2, 0.25) is 10.0 Å². The van der Waals surface area contributed by atoms with Crippen LogP contribution in [0.3, 0.4) is 0 Å². The van der Waals surface area contributed by atoms with Crippen molar-refractivity contribution in [2.75, 3.05) is 0 Å². The van der Waals surface area contributed by atoms with Crippen LogP contribution in [0.15, 0.2) is 36.4 Å². The molecule has 0 saturated carbocycles. The molecule has 0 aliphatic carbocycles. The number of benzene rings is 2. The first-order valence-corrected chi connectivity index (χ1v) is 7.34. The number of nitro groups is 1. The third kappa shape index (κ3) is 4.27. The smallest absolute Gasteiger partial charge is 0.344 e. The number of nitrogens with zero attached hydrogens (tertiary/aromatic N) is 1. The lowest BCUT2D eigenvalue weighted by atomic mass is 10.2. The molecule has 9 heteroatoms. The fourth-order valence-corrected chi connectivity index (χ4v) is 2.18. The van der Waals surface area contributed by atoms with Gasteiger partial charge in [-0.25, -0.2) is 4.79 Å². The minimum atomic E-state index is -1.27. The standard InChI is InChI=1S/C15H11Cl2NO6/c1-8(15(19)20)23-14-7-10(3-4-12(14)18(21)22)24-13-5-2-9(16)6-11(13)17/h2-8H,1H3,(H,19,20). The number of carbonyl (C=O) groups is 1. The molecule has 0 saturated heterocycles. The number of carboxylic acids is 1. The Morgan fingerprint density at radius 2 is 1.92 bits per heavy atom. The third-order valence-corrected chi connectivity index (χ3v) is 3.43. The lowest BCUT2D eigenvalue weighted by Gasteiger charge is -2.13. The Labute approximate surface area is 146 Å². The Morgan fingerprint density at radius 3 is 2.50 bits per heavy atom. The average molecular weight is 372 g/mol. The molecule has 2 aromatic rings. The summed E-state index contributed by atoms with van der Waals surface area (Å²) in [7, 11) is 0. The van der Waals surface area contributed by atoms with E-state index in [2.05, 4.69) is 0 Å². The highest BCUT2D eigenvalue weighted by molar-refractivity contribution is 6.35. The Hall–Kier alpha value is -2.51. The SMILES string of the molecule is CC(Oc1cc(Oc2ccc(Cl)cc2Cl)ccc1[N+](=O)[O-])C(=O)O. The lowest BCUT2D eigenvalue weighted by Crippen LogP contribution is -2.23. The number of halogens is 2. The van der Waals surface area contributed by atoms with Gasteiger partial charge in [0.1, 0.15) is 11.5 Å². The van der Waals surface area contributed by atoms with E-state index in [4.69, 9.17) is 37.8 Å². The molecule has 2 rings (SSSR count). The van der Waals surface area contributed by atoms with Gasteiger partial charge in [0, 0.05) is 17.2 Å². The van der Waals surface area contributed by atoms with Crippen LogP contribution in [0.5, 0.6) is 17.2 Å². The molecule has 0 bridgehead atoms. The molecule has 0 heterocycles. The molecule has 7 nitrogen and oxygen atoms in total. The van der Waals surface area contributed by atoms with Crippen molar-refractivity contribution in [2.24, 2.45) is 0 Å². The molecule has 0 aliphatic heterocycles. The second-order valence-corrected chi connectivity index (χ2v) is 5.51. The average Bonchev–Trinajstić information content (AvgIpc) is 2.50. The van der Waals surface area contributed by atoms with Gasteiger partial charge >= 0.3 is 11.7 Å². The van der Waals surface area contributed by atoms with Gasteiger partial charge in [0.05, 0.1) is 9.95 Å². The zero-order valence-electron chi connectivity index (χ0n) is 12.2. The van der Waals surface area contributed by atoms with E-state index in [9.17, 15) is 14.9 Å². The van der Waals surface area contributed by atoms with Gasteiger partial charge in [-0.05, 0) is 31.2 Å². The number of carboxylic acid groups (broad SMARTS) is 1. The minimum absolute atomic E-state index is 0.192. The van der Waals surface area contributed by atoms with Gasteiger partial charge in [-0.1, -0.05) is 23.2 Å². The van der Waals surface area contributed by atoms with E-state index in [0.717, 1.165) is 6.07 Å². The van der Waals surface area contributed by atoms with Crippen LogP contribution in [-0.2, 0) is 4.79 Å². The van der Waals surface area contributed by atoms with Crippen LogP contribution >= 0.6 is 23.2 Å². The summed E-state index contributed by atoms with van der Waals surface area (Å²) >= 11 is 11.8. The molecule has 126 valence electrons. The monoisotopic (exact) mass is 371 g/mol. The summed E-state index contributed by atoms with van der Waals surface area (Å²) in [6.07, 6.45) is -1.27. The zero-order chi connectivity index (χ0) is 17.9. The second-order valence-electron chi connectivity index (χ2n) is 4.66. The Balaban J connectivity index is 2.34. The molecule has 0 amide bonds. The van der Waals surface area contributed by atoms with Crippen LogP contribution in [0.1, 0.15) is 6.92 Å². The van der Waals surface area contributed by atoms with E-state index in [1.54, 1.807) is 6.07 Å². The van der Waals surface area contributed by atoms with Crippen LogP contribution < -0.4 is 9.47 Å². The van der Waals surface area contributed by atoms with Crippen LogP contribution in [-0.4, -0.2) is 22.1 Å². The van der Waals surface area contributed by atoms with Crippen molar-refractivity contribution < 1.29 is 24.3 Å². The van der Waals surface area contributed by atoms with Gasteiger partial charge in [-0.15, -0.1) is 0 Å². The molecule has 0 radical (unpaired) electrons. The highest BCUT2D eigenvalue weighted by atomic mass is 35.5. The summed E-state index contributed by atoms with van der Waals surface area (Å²) < 4.78 is 10.7. The van der Waals surface area contributed by atoms with Crippen molar-refractivity contribution in [1.82, 2.24) is 0 Å². The summed E-state index contributed by atoms with van der Waals surface area (Å²) in [5.41, 5.74) is -0.377. The summed E-state index contributed by atoms with van der Waals surface area (Å²) in [5.74, 6) is -1.00. The maximum Gasteiger partial charge on any atom is 0.344 e. The first-order chi connectivity index (χ1) is 11.3. The predicted octanol–water partition coefficient (Wildman–Crippen LogP) is 4.55. The Morgan fingerprint density at radius 1 is 1.21 bits per heavy atom. The van der Waals surface area contributed by atoms with Crippen LogP contribution in [0.4, 0.5) is 5.69 Å². The topological polar surface area (TPSA) is 98.9 Å². The van der Waals surface area contributed by atoms with Gasteiger partial charge in [0.2, 0.25) is 5.75 Å². The van der Waals surface area contributed by atoms with Crippen molar-refractivity contribution in [1.29, 1.82) is 0 Å². The van der Waals surface area contributed by atoms with E-state index in [-0.39, 0.29) is 28.0 Å². The van der Waals surface area contributed by atoms with E-state index < -0.39 is 17.0 Å². The number of rotatable bonds is 6. The van der Waals surface area contributed by atoms with E-state index >= 15 is 0 Å². The number of ether oxygens (including phenoxy) is 2. The molecule has 0 aromatic heterocycles. The number of hydrogen-bond donors (Lipinski definition) is 1. The molecular formula is C15H11Cl2NO6. The van der Waals surface area contributed by atoms with Crippen molar-refractivity contribution in [3.05, 3.63) is 56.6 Å². The molecule has 0 fully saturated rings. The molecule has 0 spiro atoms. The summed E-state index contributed by atoms with van der Waals surface area (Å²) in [6.45, 7) is 1.26. The Kier molecular flexibility index (Phi) is 5.48. The van der Waals surface area contributed by atoms with Gasteiger partial charge in [-0.3, -0.25) is 10.1 Å². The number of aliphatic carboxylic acids is 1. The van der Waals surface area contributed by atoms with Crippen molar-refractivity contribution in [2.45, 2.75) is 13.0 Å². The molecule has 0 aliphatic rings. The maximum atomic E-state index is 11.0. The largest absolute Gasteiger partial charge is 0.479 e. The molecule has 1 N–H and O–H groups in total. The molecular weight excluding hydrogens is 361 g/mol. The van der Waals surface area contributed by atoms with Crippen LogP contribution in [0.25, 0.3) is 0 Å². The summed E-state index contributed by atoms with van der Waals surface area (Å²) in [6, 6.07) is 8.31. The fourth-order valence-electron chi connectivity index (χ4n) is 1.73. The summed E-state index contributed by atoms with van der Waals surface area (Å²) in [4.78, 5) is 21.2. The third-order valence-electron chi connectivity index (χ3n) is 2.90. The van der Waals surface area contributed by atoms with Crippen molar-refractivity contribution in [3.8, 4) is 17.2 Å². The van der Waals surface area contributed by atoms with Gasteiger partial charge in [0.25, 0.3) is 0 Å². The lowest BCUT2D eigenvalue weighted by molar-refractivity contribution is -0.386. The second kappa shape index (κ2) is 7.37. The Bertz CT molecular complexity index is 796. The van der Waals surface area contributed by atoms with Crippen LogP contribution in [0, 0.1) is 10.1 Å². The maximum absolute atomic E-state index is 11.0. The summed E-state index contributed by atoms with van der Waals surface area (Å²) in [5, 5.41) is 20.6. The van der Waals surface area contributed by atoms with E-state index in [0.29, 0.717) is 5.02 Å². The number of nitro benzene ring substituents is 1. The minimum Gasteiger partial charge on any atom is -0.479 e.